The minimum Gasteiger partial charge on any atom is -0.491 e. The molecule has 1 saturated heterocycles. The van der Waals surface area contributed by atoms with E-state index in [1.54, 1.807) is 0 Å². The molecule has 0 saturated carbocycles. The van der Waals surface area contributed by atoms with Crippen LogP contribution in [0.1, 0.15) is 31.2 Å². The Balaban J connectivity index is 1.80. The smallest absolute Gasteiger partial charge is 0.122 e. The Kier molecular flexibility index (Phi) is 6.49. The van der Waals surface area contributed by atoms with Gasteiger partial charge in [0.2, 0.25) is 0 Å². The number of benzene rings is 1. The van der Waals surface area contributed by atoms with Crippen LogP contribution in [0.4, 0.5) is 0 Å². The number of likely N-dealkylation sites (tertiary alicyclic amines) is 1. The van der Waals surface area contributed by atoms with Crippen LogP contribution in [0.25, 0.3) is 0 Å². The zero-order chi connectivity index (χ0) is 15.1. The highest BCUT2D eigenvalue weighted by atomic mass is 16.5. The lowest BCUT2D eigenvalue weighted by atomic mass is 9.99. The fourth-order valence-electron chi connectivity index (χ4n) is 3.00. The summed E-state index contributed by atoms with van der Waals surface area (Å²) in [5.41, 5.74) is 1.08. The molecule has 1 aromatic rings. The average molecular weight is 293 g/mol. The van der Waals surface area contributed by atoms with Gasteiger partial charge in [-0.05, 0) is 44.4 Å². The maximum Gasteiger partial charge on any atom is 0.122 e. The van der Waals surface area contributed by atoms with Gasteiger partial charge in [-0.3, -0.25) is 4.90 Å². The fraction of sp³-hybridized carbons (Fsp3) is 0.647. The normalized spacial score (nSPS) is 21.2. The summed E-state index contributed by atoms with van der Waals surface area (Å²) in [5, 5.41) is 19.3. The lowest BCUT2D eigenvalue weighted by Gasteiger charge is -2.36. The van der Waals surface area contributed by atoms with Crippen molar-refractivity contribution in [2.24, 2.45) is 0 Å². The molecule has 1 aliphatic rings. The second-order valence-electron chi connectivity index (χ2n) is 5.89. The van der Waals surface area contributed by atoms with E-state index in [-0.39, 0.29) is 6.61 Å². The molecular formula is C17H27NO3. The molecule has 2 N–H and O–H groups in total. The Morgan fingerprint density at radius 1 is 1.33 bits per heavy atom. The summed E-state index contributed by atoms with van der Waals surface area (Å²) in [4.78, 5) is 2.30. The molecule has 118 valence electrons. The van der Waals surface area contributed by atoms with Crippen LogP contribution in [0.5, 0.6) is 5.75 Å². The maximum atomic E-state index is 10.2. The van der Waals surface area contributed by atoms with Crippen LogP contribution in [-0.2, 0) is 0 Å². The molecule has 0 bridgehead atoms. The van der Waals surface area contributed by atoms with Gasteiger partial charge in [0.25, 0.3) is 0 Å². The highest BCUT2D eigenvalue weighted by Gasteiger charge is 2.24. The first-order chi connectivity index (χ1) is 10.2. The fourth-order valence-corrected chi connectivity index (χ4v) is 3.00. The highest BCUT2D eigenvalue weighted by Crippen LogP contribution is 2.20. The number of aliphatic hydroxyl groups excluding tert-OH is 2. The Morgan fingerprint density at radius 3 is 2.90 bits per heavy atom. The van der Waals surface area contributed by atoms with Crippen molar-refractivity contribution in [2.75, 3.05) is 26.3 Å². The van der Waals surface area contributed by atoms with Gasteiger partial charge in [0, 0.05) is 19.2 Å². The second kappa shape index (κ2) is 8.37. The molecule has 2 unspecified atom stereocenters. The van der Waals surface area contributed by atoms with Gasteiger partial charge in [0.1, 0.15) is 18.5 Å². The molecule has 1 aliphatic heterocycles. The van der Waals surface area contributed by atoms with Crippen LogP contribution in [0.15, 0.2) is 24.3 Å². The van der Waals surface area contributed by atoms with Gasteiger partial charge in [-0.2, -0.15) is 0 Å². The van der Waals surface area contributed by atoms with E-state index >= 15 is 0 Å². The third-order valence-electron chi connectivity index (χ3n) is 4.18. The Morgan fingerprint density at radius 2 is 2.14 bits per heavy atom. The summed E-state index contributed by atoms with van der Waals surface area (Å²) in [7, 11) is 0. The number of hydrogen-bond acceptors (Lipinski definition) is 4. The number of piperidine rings is 1. The lowest BCUT2D eigenvalue weighted by Crippen LogP contribution is -2.45. The quantitative estimate of drug-likeness (QED) is 0.807. The van der Waals surface area contributed by atoms with Gasteiger partial charge in [-0.1, -0.05) is 24.6 Å². The van der Waals surface area contributed by atoms with Gasteiger partial charge in [-0.25, -0.2) is 0 Å². The second-order valence-corrected chi connectivity index (χ2v) is 5.89. The molecule has 1 heterocycles. The molecule has 4 nitrogen and oxygen atoms in total. The van der Waals surface area contributed by atoms with Crippen molar-refractivity contribution < 1.29 is 14.9 Å². The lowest BCUT2D eigenvalue weighted by molar-refractivity contribution is 0.0331. The van der Waals surface area contributed by atoms with E-state index < -0.39 is 6.10 Å². The van der Waals surface area contributed by atoms with Crippen molar-refractivity contribution in [1.29, 1.82) is 0 Å². The molecule has 21 heavy (non-hydrogen) atoms. The zero-order valence-corrected chi connectivity index (χ0v) is 12.9. The Bertz CT molecular complexity index is 422. The summed E-state index contributed by atoms with van der Waals surface area (Å²) in [6, 6.07) is 8.25. The molecule has 1 aromatic carbocycles. The predicted molar refractivity (Wildman–Crippen MR) is 83.6 cm³/mol. The first-order valence-corrected chi connectivity index (χ1v) is 7.92. The first kappa shape index (κ1) is 16.3. The van der Waals surface area contributed by atoms with Crippen LogP contribution < -0.4 is 4.74 Å². The number of rotatable bonds is 7. The molecule has 0 aromatic heterocycles. The van der Waals surface area contributed by atoms with E-state index in [4.69, 9.17) is 9.84 Å². The number of ether oxygens (including phenoxy) is 1. The van der Waals surface area contributed by atoms with E-state index in [2.05, 4.69) is 4.90 Å². The summed E-state index contributed by atoms with van der Waals surface area (Å²) in [6.07, 6.45) is 3.81. The van der Waals surface area contributed by atoms with E-state index in [1.165, 1.54) is 12.8 Å². The van der Waals surface area contributed by atoms with Crippen molar-refractivity contribution in [3.63, 3.8) is 0 Å². The van der Waals surface area contributed by atoms with Crippen molar-refractivity contribution in [3.8, 4) is 5.75 Å². The minimum absolute atomic E-state index is 0.219. The number of aryl methyl sites for hydroxylation is 1. The molecule has 4 heteroatoms. The molecular weight excluding hydrogens is 266 g/mol. The van der Waals surface area contributed by atoms with Crippen molar-refractivity contribution in [3.05, 3.63) is 29.8 Å². The first-order valence-electron chi connectivity index (χ1n) is 7.92. The topological polar surface area (TPSA) is 52.9 Å². The summed E-state index contributed by atoms with van der Waals surface area (Å²) >= 11 is 0. The Hall–Kier alpha value is -1.10. The van der Waals surface area contributed by atoms with Gasteiger partial charge in [-0.15, -0.1) is 0 Å². The van der Waals surface area contributed by atoms with E-state index in [0.29, 0.717) is 19.2 Å². The largest absolute Gasteiger partial charge is 0.491 e. The summed E-state index contributed by atoms with van der Waals surface area (Å²) in [5.74, 6) is 0.835. The standard InChI is InChI=1S/C17H27NO3/c1-14-6-2-3-8-17(14)21-13-16(20)12-18-10-5-4-7-15(18)9-11-19/h2-3,6,8,15-16,19-20H,4-5,7,9-13H2,1H3. The Labute approximate surface area is 127 Å². The molecule has 1 fully saturated rings. The third kappa shape index (κ3) is 4.99. The number of nitrogens with zero attached hydrogens (tertiary/aromatic N) is 1. The van der Waals surface area contributed by atoms with E-state index in [9.17, 15) is 5.11 Å². The number of hydrogen-bond donors (Lipinski definition) is 2. The predicted octanol–water partition coefficient (Wildman–Crippen LogP) is 1.97. The molecule has 0 radical (unpaired) electrons. The third-order valence-corrected chi connectivity index (χ3v) is 4.18. The van der Waals surface area contributed by atoms with Crippen molar-refractivity contribution >= 4 is 0 Å². The highest BCUT2D eigenvalue weighted by molar-refractivity contribution is 5.31. The number of β-amino-alcohol motifs (C(OH)–C–C–N with tert-alkyl or cyclic N) is 1. The molecule has 0 amide bonds. The van der Waals surface area contributed by atoms with Crippen LogP contribution in [0.2, 0.25) is 0 Å². The van der Waals surface area contributed by atoms with Crippen molar-refractivity contribution in [1.82, 2.24) is 4.90 Å². The summed E-state index contributed by atoms with van der Waals surface area (Å²) in [6.45, 7) is 4.16. The number of aliphatic hydroxyl groups is 2. The van der Waals surface area contributed by atoms with E-state index in [1.807, 2.05) is 31.2 Å². The number of para-hydroxylation sites is 1. The van der Waals surface area contributed by atoms with Crippen LogP contribution in [0.3, 0.4) is 0 Å². The van der Waals surface area contributed by atoms with Crippen LogP contribution >= 0.6 is 0 Å². The summed E-state index contributed by atoms with van der Waals surface area (Å²) < 4.78 is 5.71. The van der Waals surface area contributed by atoms with Gasteiger partial charge >= 0.3 is 0 Å². The molecule has 2 atom stereocenters. The molecule has 2 rings (SSSR count). The van der Waals surface area contributed by atoms with Crippen LogP contribution in [0, 0.1) is 6.92 Å². The van der Waals surface area contributed by atoms with Gasteiger partial charge in [0.15, 0.2) is 0 Å². The van der Waals surface area contributed by atoms with Gasteiger partial charge in [0.05, 0.1) is 0 Å². The monoisotopic (exact) mass is 293 g/mol. The van der Waals surface area contributed by atoms with Crippen molar-refractivity contribution in [2.45, 2.75) is 44.8 Å². The maximum absolute atomic E-state index is 10.2. The minimum atomic E-state index is -0.496. The SMILES string of the molecule is Cc1ccccc1OCC(O)CN1CCCCC1CCO. The van der Waals surface area contributed by atoms with Crippen LogP contribution in [-0.4, -0.2) is 53.6 Å². The average Bonchev–Trinajstić information content (AvgIpc) is 2.49. The molecule has 0 aliphatic carbocycles. The molecule has 0 spiro atoms. The van der Waals surface area contributed by atoms with Gasteiger partial charge < -0.3 is 14.9 Å². The zero-order valence-electron chi connectivity index (χ0n) is 12.9. The van der Waals surface area contributed by atoms with E-state index in [0.717, 1.165) is 30.7 Å².